The summed E-state index contributed by atoms with van der Waals surface area (Å²) in [6.07, 6.45) is -9.30. The van der Waals surface area contributed by atoms with Crippen molar-refractivity contribution in [1.29, 1.82) is 0 Å². The molecule has 2 aliphatic carbocycles. The quantitative estimate of drug-likeness (QED) is 0.0852. The van der Waals surface area contributed by atoms with Crippen molar-refractivity contribution in [1.82, 2.24) is 0 Å². The van der Waals surface area contributed by atoms with E-state index in [9.17, 15) is 0 Å². The SMILES string of the molecule is O.O.O.O.O.OC1C(O)C(O)C1O.OC1C(O)C(O)C1O.[OH3+].[OH3+].[OH3+].[OH3+].[Zn].[Zn].[Zn].[Zn].[Zn].[Zn].[Zn]. The van der Waals surface area contributed by atoms with Crippen molar-refractivity contribution in [2.75, 3.05) is 0 Å². The summed E-state index contributed by atoms with van der Waals surface area (Å²) in [6, 6.07) is 0. The van der Waals surface area contributed by atoms with Gasteiger partial charge in [0.25, 0.3) is 0 Å². The maximum absolute atomic E-state index is 8.50. The predicted octanol–water partition coefficient (Wildman–Crippen LogP) is -12.9. The van der Waals surface area contributed by atoms with E-state index < -0.39 is 48.8 Å². The van der Waals surface area contributed by atoms with Crippen LogP contribution in [0.3, 0.4) is 0 Å². The van der Waals surface area contributed by atoms with Crippen LogP contribution in [0, 0.1) is 0 Å². The summed E-state index contributed by atoms with van der Waals surface area (Å²) in [5.41, 5.74) is 0. The zero-order chi connectivity index (χ0) is 12.6. The van der Waals surface area contributed by atoms with Crippen LogP contribution in [0.15, 0.2) is 0 Å². The Bertz CT molecular complexity index is 179. The van der Waals surface area contributed by atoms with E-state index in [4.69, 9.17) is 40.9 Å². The molecule has 0 aromatic heterocycles. The summed E-state index contributed by atoms with van der Waals surface area (Å²) >= 11 is 0. The third-order valence-corrected chi connectivity index (χ3v) is 2.80. The molecule has 0 amide bonds. The van der Waals surface area contributed by atoms with Gasteiger partial charge in [0.05, 0.1) is 0 Å². The molecule has 0 atom stereocenters. The molecule has 182 valence electrons. The van der Waals surface area contributed by atoms with Crippen molar-refractivity contribution in [3.05, 3.63) is 0 Å². The average molecular weight is 864 g/mol. The van der Waals surface area contributed by atoms with Crippen LogP contribution >= 0.6 is 0 Å². The van der Waals surface area contributed by atoms with Crippen molar-refractivity contribution < 1.29 is 226 Å². The van der Waals surface area contributed by atoms with Gasteiger partial charge in [-0.1, -0.05) is 0 Å². The van der Waals surface area contributed by atoms with Crippen LogP contribution in [0.2, 0.25) is 0 Å². The van der Waals surface area contributed by atoms with Gasteiger partial charge in [0.15, 0.2) is 0 Å². The summed E-state index contributed by atoms with van der Waals surface area (Å²) in [4.78, 5) is 0. The van der Waals surface area contributed by atoms with Crippen LogP contribution in [-0.4, -0.2) is 117 Å². The smallest absolute Gasteiger partial charge is 0.111 e. The molecule has 32 heavy (non-hydrogen) atoms. The third kappa shape index (κ3) is 28.3. The van der Waals surface area contributed by atoms with Gasteiger partial charge in [0, 0.05) is 136 Å². The van der Waals surface area contributed by atoms with Crippen molar-refractivity contribution >= 4 is 0 Å². The molecule has 0 spiro atoms. The van der Waals surface area contributed by atoms with Gasteiger partial charge in [-0.2, -0.15) is 0 Å². The van der Waals surface area contributed by atoms with E-state index in [0.29, 0.717) is 0 Å². The Hall–Kier alpha value is 3.68. The van der Waals surface area contributed by atoms with Crippen LogP contribution in [-0.2, 0) is 158 Å². The van der Waals surface area contributed by atoms with Gasteiger partial charge in [-0.15, -0.1) is 0 Å². The van der Waals surface area contributed by atoms with Gasteiger partial charge in [0.2, 0.25) is 0 Å². The molecule has 2 fully saturated rings. The minimum Gasteiger partial charge on any atom is -0.457 e. The van der Waals surface area contributed by atoms with E-state index in [-0.39, 0.29) is 186 Å². The first kappa shape index (κ1) is 111. The Kier molecular flexibility index (Phi) is 178. The molecule has 0 radical (unpaired) electrons. The molecule has 0 aromatic carbocycles. The first-order valence-corrected chi connectivity index (χ1v) is 4.73. The third-order valence-electron chi connectivity index (χ3n) is 2.80. The maximum atomic E-state index is 8.50. The molecular weight excluding hydrogens is 826 g/mol. The first-order chi connectivity index (χ1) is 7.29. The monoisotopic (exact) mass is 854 g/mol. The Balaban J connectivity index is -0.00000000762. The van der Waals surface area contributed by atoms with Gasteiger partial charge in [-0.05, 0) is 0 Å². The average Bonchev–Trinajstić information content (AvgIpc) is 2.34. The fraction of sp³-hybridized carbons (Fsp3) is 1.00. The zero-order valence-corrected chi connectivity index (χ0v) is 38.7. The van der Waals surface area contributed by atoms with Crippen LogP contribution in [0.5, 0.6) is 0 Å². The molecule has 2 saturated carbocycles. The topological polar surface area (TPSA) is 451 Å². The zero-order valence-electron chi connectivity index (χ0n) is 18.0. The molecule has 0 unspecified atom stereocenters. The van der Waals surface area contributed by atoms with E-state index in [1.807, 2.05) is 0 Å². The minimum atomic E-state index is -1.16. The summed E-state index contributed by atoms with van der Waals surface area (Å²) in [7, 11) is 0. The van der Waals surface area contributed by atoms with Crippen LogP contribution in [0.4, 0.5) is 0 Å². The van der Waals surface area contributed by atoms with E-state index in [0.717, 1.165) is 0 Å². The molecule has 0 saturated heterocycles. The van der Waals surface area contributed by atoms with Crippen molar-refractivity contribution in [2.45, 2.75) is 48.8 Å². The molecule has 30 N–H and O–H groups in total. The number of hydrogen-bond donors (Lipinski definition) is 8. The molecule has 0 aliphatic heterocycles. The Morgan fingerprint density at radius 3 is 0.281 bits per heavy atom. The van der Waals surface area contributed by atoms with Gasteiger partial charge >= 0.3 is 0 Å². The standard InChI is InChI=1S/2C4H8O4.9H2O.7Zn/c2*5-1-2(6)4(8)3(1)7;;;;;;;;;;;;;;;;/h2*1-8H;9*1H2;;;;;;;/p+4. The molecule has 2 aliphatic rings. The minimum absolute atomic E-state index is 0. The van der Waals surface area contributed by atoms with Gasteiger partial charge in [0.1, 0.15) is 48.8 Å². The predicted molar refractivity (Wildman–Crippen MR) is 85.6 cm³/mol. The van der Waals surface area contributed by atoms with Crippen molar-refractivity contribution in [2.24, 2.45) is 0 Å². The number of hydrogen-bond acceptors (Lipinski definition) is 8. The number of aliphatic hydroxyl groups excluding tert-OH is 8. The second kappa shape index (κ2) is 51.3. The summed E-state index contributed by atoms with van der Waals surface area (Å²) in [5, 5.41) is 68.0. The van der Waals surface area contributed by atoms with E-state index in [1.165, 1.54) is 0 Å². The van der Waals surface area contributed by atoms with Crippen LogP contribution < -0.4 is 0 Å². The Morgan fingerprint density at radius 1 is 0.219 bits per heavy atom. The van der Waals surface area contributed by atoms with Gasteiger partial charge < -0.3 is 90.1 Å². The van der Waals surface area contributed by atoms with Crippen LogP contribution in [0.1, 0.15) is 0 Å². The Morgan fingerprint density at radius 2 is 0.250 bits per heavy atom. The van der Waals surface area contributed by atoms with Crippen molar-refractivity contribution in [3.8, 4) is 0 Å². The fourth-order valence-corrected chi connectivity index (χ4v) is 1.33. The van der Waals surface area contributed by atoms with E-state index in [1.54, 1.807) is 0 Å². The van der Waals surface area contributed by atoms with Gasteiger partial charge in [-0.3, -0.25) is 0 Å². The molecule has 0 heterocycles. The van der Waals surface area contributed by atoms with Crippen molar-refractivity contribution in [3.63, 3.8) is 0 Å². The fourth-order valence-electron chi connectivity index (χ4n) is 1.33. The number of aliphatic hydroxyl groups is 8. The van der Waals surface area contributed by atoms with Gasteiger partial charge in [-0.25, -0.2) is 0 Å². The van der Waals surface area contributed by atoms with E-state index in [2.05, 4.69) is 0 Å². The maximum Gasteiger partial charge on any atom is 0.111 e. The number of rotatable bonds is 0. The normalized spacial score (nSPS) is 27.8. The van der Waals surface area contributed by atoms with E-state index >= 15 is 0 Å². The Labute approximate surface area is 272 Å². The largest absolute Gasteiger partial charge is 0.457 e. The molecule has 2 rings (SSSR count). The molecule has 0 aromatic rings. The second-order valence-electron chi connectivity index (χ2n) is 3.92. The molecule has 17 nitrogen and oxygen atoms in total. The van der Waals surface area contributed by atoms with Crippen LogP contribution in [0.25, 0.3) is 0 Å². The summed E-state index contributed by atoms with van der Waals surface area (Å²) in [5.74, 6) is 0. The summed E-state index contributed by atoms with van der Waals surface area (Å²) in [6.45, 7) is 0. The molecule has 0 bridgehead atoms. The summed E-state index contributed by atoms with van der Waals surface area (Å²) < 4.78 is 0. The molecule has 24 heteroatoms. The molecular formula is C8H38O17Zn7+4. The second-order valence-corrected chi connectivity index (χ2v) is 3.92. The first-order valence-electron chi connectivity index (χ1n) is 4.73.